The first-order valence-corrected chi connectivity index (χ1v) is 31.1. The highest BCUT2D eigenvalue weighted by Gasteiger charge is 2.18. The summed E-state index contributed by atoms with van der Waals surface area (Å²) in [7, 11) is 0. The van der Waals surface area contributed by atoms with Crippen molar-refractivity contribution in [2.75, 3.05) is 0 Å². The molecule has 0 aliphatic heterocycles. The quantitative estimate of drug-likeness (QED) is 0.0483. The Hall–Kier alpha value is -1.32. The van der Waals surface area contributed by atoms with E-state index in [9.17, 15) is 4.79 Å². The number of esters is 1. The summed E-state index contributed by atoms with van der Waals surface area (Å²) in [5, 5.41) is 0. The standard InChI is InChI=1S/C63H122N2O2/c1-7-10-13-15-17-19-21-23-25-27-29-31-33-35-37-39-47-60(48-40-38-36-34-32-30-28-26-24-22-20-18-16-14-11-8-2)49-41-42-50-61(54-53-59(6)46-43-45-58(4)5)67-63(66)52-44-56-65-57-55-64-62(65)51-12-9-3/h55,57-61H,7-54,56H2,1-6H3. The molecule has 0 saturated carbocycles. The summed E-state index contributed by atoms with van der Waals surface area (Å²) in [6, 6.07) is 0. The molecule has 4 heteroatoms. The van der Waals surface area contributed by atoms with Gasteiger partial charge in [0.1, 0.15) is 11.9 Å². The van der Waals surface area contributed by atoms with Crippen LogP contribution in [-0.4, -0.2) is 21.6 Å². The number of carbonyl (C=O) groups excluding carboxylic acids is 1. The molecule has 1 aromatic rings. The lowest BCUT2D eigenvalue weighted by Crippen LogP contribution is -2.20. The van der Waals surface area contributed by atoms with E-state index in [4.69, 9.17) is 4.74 Å². The van der Waals surface area contributed by atoms with E-state index >= 15 is 0 Å². The van der Waals surface area contributed by atoms with Gasteiger partial charge in [-0.05, 0) is 56.3 Å². The molecule has 0 aromatic carbocycles. The molecule has 0 amide bonds. The summed E-state index contributed by atoms with van der Waals surface area (Å²) in [4.78, 5) is 17.9. The number of hydrogen-bond acceptors (Lipinski definition) is 3. The Morgan fingerprint density at radius 2 is 0.851 bits per heavy atom. The molecular weight excluding hydrogens is 817 g/mol. The first kappa shape index (κ1) is 63.7. The number of rotatable bonds is 54. The monoisotopic (exact) mass is 939 g/mol. The van der Waals surface area contributed by atoms with E-state index in [2.05, 4.69) is 57.3 Å². The Bertz CT molecular complexity index is 1090. The number of aryl methyl sites for hydroxylation is 2. The summed E-state index contributed by atoms with van der Waals surface area (Å²) >= 11 is 0. The van der Waals surface area contributed by atoms with Crippen LogP contribution in [0.3, 0.4) is 0 Å². The summed E-state index contributed by atoms with van der Waals surface area (Å²) in [5.74, 6) is 3.53. The van der Waals surface area contributed by atoms with Crippen molar-refractivity contribution in [3.05, 3.63) is 18.2 Å². The van der Waals surface area contributed by atoms with Crippen LogP contribution in [0.25, 0.3) is 0 Å². The largest absolute Gasteiger partial charge is 0.462 e. The minimum atomic E-state index is 0.0116. The van der Waals surface area contributed by atoms with Crippen LogP contribution in [0.5, 0.6) is 0 Å². The third-order valence-electron chi connectivity index (χ3n) is 15.4. The van der Waals surface area contributed by atoms with Crippen LogP contribution in [0.2, 0.25) is 0 Å². The average Bonchev–Trinajstić information content (AvgIpc) is 3.77. The molecule has 67 heavy (non-hydrogen) atoms. The van der Waals surface area contributed by atoms with E-state index in [1.807, 2.05) is 6.20 Å². The lowest BCUT2D eigenvalue weighted by Gasteiger charge is -2.21. The van der Waals surface area contributed by atoms with Crippen LogP contribution < -0.4 is 0 Å². The Kier molecular flexibility index (Phi) is 47.2. The molecule has 0 radical (unpaired) electrons. The van der Waals surface area contributed by atoms with Gasteiger partial charge in [0, 0.05) is 31.8 Å². The molecule has 0 aliphatic carbocycles. The van der Waals surface area contributed by atoms with Gasteiger partial charge < -0.3 is 9.30 Å². The molecule has 0 fully saturated rings. The van der Waals surface area contributed by atoms with Crippen LogP contribution in [-0.2, 0) is 22.5 Å². The minimum absolute atomic E-state index is 0.0116. The average molecular weight is 940 g/mol. The molecule has 2 unspecified atom stereocenters. The number of carbonyl (C=O) groups is 1. The van der Waals surface area contributed by atoms with E-state index in [-0.39, 0.29) is 12.1 Å². The zero-order valence-corrected chi connectivity index (χ0v) is 46.8. The Balaban J connectivity index is 2.53. The maximum Gasteiger partial charge on any atom is 0.306 e. The molecule has 0 N–H and O–H groups in total. The number of imidazole rings is 1. The van der Waals surface area contributed by atoms with Crippen LogP contribution >= 0.6 is 0 Å². The summed E-state index contributed by atoms with van der Waals surface area (Å²) < 4.78 is 8.57. The Labute approximate surface area is 421 Å². The third kappa shape index (κ3) is 43.2. The predicted octanol–water partition coefficient (Wildman–Crippen LogP) is 21.6. The number of ether oxygens (including phenoxy) is 1. The molecular formula is C63H122N2O2. The van der Waals surface area contributed by atoms with Crippen LogP contribution in [0.15, 0.2) is 12.4 Å². The van der Waals surface area contributed by atoms with Crippen molar-refractivity contribution < 1.29 is 9.53 Å². The third-order valence-corrected chi connectivity index (χ3v) is 15.4. The number of hydrogen-bond donors (Lipinski definition) is 0. The smallest absolute Gasteiger partial charge is 0.306 e. The van der Waals surface area contributed by atoms with Crippen LogP contribution in [0, 0.1) is 17.8 Å². The first-order chi connectivity index (χ1) is 32.9. The van der Waals surface area contributed by atoms with Gasteiger partial charge in [-0.15, -0.1) is 0 Å². The van der Waals surface area contributed by atoms with E-state index in [1.54, 1.807) is 0 Å². The zero-order valence-electron chi connectivity index (χ0n) is 46.8. The molecule has 1 rings (SSSR count). The van der Waals surface area contributed by atoms with Crippen molar-refractivity contribution in [3.63, 3.8) is 0 Å². The normalized spacial score (nSPS) is 12.8. The number of nitrogens with zero attached hydrogens (tertiary/aromatic N) is 2. The summed E-state index contributed by atoms with van der Waals surface area (Å²) in [6.07, 6.45) is 68.9. The Morgan fingerprint density at radius 3 is 1.28 bits per heavy atom. The van der Waals surface area contributed by atoms with Crippen LogP contribution in [0.4, 0.5) is 0 Å². The maximum absolute atomic E-state index is 13.3. The highest BCUT2D eigenvalue weighted by Crippen LogP contribution is 2.27. The van der Waals surface area contributed by atoms with Crippen molar-refractivity contribution in [2.45, 2.75) is 362 Å². The Morgan fingerprint density at radius 1 is 0.448 bits per heavy atom. The topological polar surface area (TPSA) is 44.1 Å². The van der Waals surface area contributed by atoms with E-state index in [0.29, 0.717) is 12.3 Å². The highest BCUT2D eigenvalue weighted by atomic mass is 16.5. The second-order valence-corrected chi connectivity index (χ2v) is 22.7. The van der Waals surface area contributed by atoms with Gasteiger partial charge in [0.2, 0.25) is 0 Å². The van der Waals surface area contributed by atoms with Gasteiger partial charge in [-0.1, -0.05) is 298 Å². The number of unbranched alkanes of at least 4 members (excludes halogenated alkanes) is 32. The van der Waals surface area contributed by atoms with Gasteiger partial charge in [0.25, 0.3) is 0 Å². The second-order valence-electron chi connectivity index (χ2n) is 22.7. The number of aromatic nitrogens is 2. The van der Waals surface area contributed by atoms with Crippen molar-refractivity contribution in [2.24, 2.45) is 17.8 Å². The van der Waals surface area contributed by atoms with Crippen molar-refractivity contribution >= 4 is 5.97 Å². The van der Waals surface area contributed by atoms with Gasteiger partial charge in [0.05, 0.1) is 0 Å². The van der Waals surface area contributed by atoms with Gasteiger partial charge >= 0.3 is 5.97 Å². The molecule has 1 heterocycles. The maximum atomic E-state index is 13.3. The van der Waals surface area contributed by atoms with Crippen molar-refractivity contribution in [1.82, 2.24) is 9.55 Å². The molecule has 0 spiro atoms. The lowest BCUT2D eigenvalue weighted by molar-refractivity contribution is -0.150. The molecule has 0 aliphatic rings. The van der Waals surface area contributed by atoms with Gasteiger partial charge in [-0.3, -0.25) is 4.79 Å². The van der Waals surface area contributed by atoms with Crippen LogP contribution in [0.1, 0.15) is 349 Å². The van der Waals surface area contributed by atoms with E-state index < -0.39 is 0 Å². The molecule has 2 atom stereocenters. The zero-order chi connectivity index (χ0) is 48.5. The van der Waals surface area contributed by atoms with E-state index in [1.165, 1.54) is 270 Å². The second kappa shape index (κ2) is 49.7. The molecule has 1 aromatic heterocycles. The fourth-order valence-corrected chi connectivity index (χ4v) is 10.7. The van der Waals surface area contributed by atoms with Crippen molar-refractivity contribution in [3.8, 4) is 0 Å². The molecule has 396 valence electrons. The van der Waals surface area contributed by atoms with Gasteiger partial charge in [-0.25, -0.2) is 4.98 Å². The van der Waals surface area contributed by atoms with E-state index in [0.717, 1.165) is 56.3 Å². The summed E-state index contributed by atoms with van der Waals surface area (Å²) in [6.45, 7) is 14.8. The highest BCUT2D eigenvalue weighted by molar-refractivity contribution is 5.69. The van der Waals surface area contributed by atoms with Crippen molar-refractivity contribution in [1.29, 1.82) is 0 Å². The summed E-state index contributed by atoms with van der Waals surface area (Å²) in [5.41, 5.74) is 0. The molecule has 4 nitrogen and oxygen atoms in total. The SMILES string of the molecule is CCCCCCCCCCCCCCCCCCC(CCCCCCCCCCCCCCCCCC)CCCCC(CCC(C)CCCC(C)C)OC(=O)CCCn1ccnc1CCCC. The molecule has 0 saturated heterocycles. The minimum Gasteiger partial charge on any atom is -0.462 e. The fourth-order valence-electron chi connectivity index (χ4n) is 10.7. The van der Waals surface area contributed by atoms with Gasteiger partial charge in [-0.2, -0.15) is 0 Å². The first-order valence-electron chi connectivity index (χ1n) is 31.1. The lowest BCUT2D eigenvalue weighted by atomic mass is 9.89. The predicted molar refractivity (Wildman–Crippen MR) is 297 cm³/mol. The molecule has 0 bridgehead atoms. The fraction of sp³-hybridized carbons (Fsp3) is 0.937. The van der Waals surface area contributed by atoms with Gasteiger partial charge in [0.15, 0.2) is 0 Å².